The molecule has 1 atom stereocenters. The molecule has 3 aromatic carbocycles. The van der Waals surface area contributed by atoms with Crippen LogP contribution in [0.5, 0.6) is 0 Å². The van der Waals surface area contributed by atoms with Gasteiger partial charge in [-0.2, -0.15) is 4.31 Å². The van der Waals surface area contributed by atoms with Gasteiger partial charge in [0.2, 0.25) is 10.0 Å². The Morgan fingerprint density at radius 1 is 0.885 bits per heavy atom. The Morgan fingerprint density at radius 3 is 2.27 bits per heavy atom. The third kappa shape index (κ3) is 3.09. The average Bonchev–Trinajstić information content (AvgIpc) is 2.66. The zero-order chi connectivity index (χ0) is 18.1. The van der Waals surface area contributed by atoms with Crippen LogP contribution in [0.25, 0.3) is 0 Å². The number of anilines is 1. The topological polar surface area (TPSA) is 49.4 Å². The van der Waals surface area contributed by atoms with Crippen molar-refractivity contribution in [3.8, 4) is 0 Å². The summed E-state index contributed by atoms with van der Waals surface area (Å²) < 4.78 is 28.1. The van der Waals surface area contributed by atoms with Crippen LogP contribution in [0.1, 0.15) is 17.3 Å². The predicted octanol–water partition coefficient (Wildman–Crippen LogP) is 4.66. The second-order valence-electron chi connectivity index (χ2n) is 6.13. The monoisotopic (exact) mass is 384 g/mol. The summed E-state index contributed by atoms with van der Waals surface area (Å²) >= 11 is 6.00. The molecule has 4 nitrogen and oxygen atoms in total. The van der Waals surface area contributed by atoms with Crippen LogP contribution in [0.4, 0.5) is 5.69 Å². The number of nitrogens with one attached hydrogen (secondary N) is 1. The van der Waals surface area contributed by atoms with E-state index in [2.05, 4.69) is 5.32 Å². The molecule has 0 bridgehead atoms. The molecule has 1 aliphatic heterocycles. The fraction of sp³-hybridized carbons (Fsp3) is 0.100. The molecule has 0 saturated heterocycles. The number of rotatable bonds is 3. The Labute approximate surface area is 158 Å². The Bertz CT molecular complexity index is 1020. The van der Waals surface area contributed by atoms with E-state index in [1.165, 1.54) is 4.31 Å². The molecule has 0 radical (unpaired) electrons. The van der Waals surface area contributed by atoms with E-state index in [0.29, 0.717) is 15.6 Å². The van der Waals surface area contributed by atoms with Crippen LogP contribution >= 0.6 is 11.6 Å². The van der Waals surface area contributed by atoms with Gasteiger partial charge >= 0.3 is 0 Å². The fourth-order valence-corrected chi connectivity index (χ4v) is 4.93. The minimum Gasteiger partial charge on any atom is -0.364 e. The minimum absolute atomic E-state index is 0.276. The molecule has 6 heteroatoms. The molecule has 0 fully saturated rings. The molecule has 3 aromatic rings. The van der Waals surface area contributed by atoms with Crippen molar-refractivity contribution in [2.24, 2.45) is 0 Å². The number of hydrogen-bond donors (Lipinski definition) is 1. The van der Waals surface area contributed by atoms with E-state index in [-0.39, 0.29) is 6.54 Å². The van der Waals surface area contributed by atoms with E-state index >= 15 is 0 Å². The van der Waals surface area contributed by atoms with Crippen molar-refractivity contribution in [3.05, 3.63) is 95.0 Å². The van der Waals surface area contributed by atoms with Crippen molar-refractivity contribution in [3.63, 3.8) is 0 Å². The molecule has 132 valence electrons. The maximum atomic E-state index is 13.3. The first-order valence-electron chi connectivity index (χ1n) is 8.22. The van der Waals surface area contributed by atoms with Gasteiger partial charge in [-0.3, -0.25) is 0 Å². The number of nitrogens with zero attached hydrogens (tertiary/aromatic N) is 1. The van der Waals surface area contributed by atoms with Gasteiger partial charge in [-0.15, -0.1) is 0 Å². The van der Waals surface area contributed by atoms with E-state index in [4.69, 9.17) is 11.6 Å². The summed E-state index contributed by atoms with van der Waals surface area (Å²) in [7, 11) is -3.65. The van der Waals surface area contributed by atoms with Crippen LogP contribution < -0.4 is 5.32 Å². The van der Waals surface area contributed by atoms with E-state index in [9.17, 15) is 8.42 Å². The number of halogens is 1. The fourth-order valence-electron chi connectivity index (χ4n) is 3.13. The first-order valence-corrected chi connectivity index (χ1v) is 10.0. The number of benzene rings is 3. The molecular formula is C20H17ClN2O2S. The normalized spacial score (nSPS) is 18.7. The molecule has 0 amide bonds. The molecule has 1 N–H and O–H groups in total. The molecule has 1 aliphatic rings. The number of sulfonamides is 1. The second-order valence-corrected chi connectivity index (χ2v) is 8.43. The van der Waals surface area contributed by atoms with Gasteiger partial charge in [-0.1, -0.05) is 66.2 Å². The zero-order valence-electron chi connectivity index (χ0n) is 13.8. The quantitative estimate of drug-likeness (QED) is 0.714. The SMILES string of the molecule is O=S1(=O)c2ccccc2NC(c2ccc(Cl)cc2)N1Cc1ccccc1. The van der Waals surface area contributed by atoms with Crippen LogP contribution in [0.3, 0.4) is 0 Å². The standard InChI is InChI=1S/C20H17ClN2O2S/c21-17-12-10-16(11-13-17)20-22-18-8-4-5-9-19(18)26(24,25)23(20)14-15-6-2-1-3-7-15/h1-13,20,22H,14H2. The molecule has 4 rings (SSSR count). The summed E-state index contributed by atoms with van der Waals surface area (Å²) in [4.78, 5) is 0.293. The lowest BCUT2D eigenvalue weighted by Gasteiger charge is -2.37. The lowest BCUT2D eigenvalue weighted by atomic mass is 10.1. The number of fused-ring (bicyclic) bond motifs is 1. The Balaban J connectivity index is 1.83. The molecule has 26 heavy (non-hydrogen) atoms. The summed E-state index contributed by atoms with van der Waals surface area (Å²) in [5.74, 6) is 0. The van der Waals surface area contributed by atoms with E-state index < -0.39 is 16.2 Å². The Morgan fingerprint density at radius 2 is 1.54 bits per heavy atom. The third-order valence-electron chi connectivity index (χ3n) is 4.42. The van der Waals surface area contributed by atoms with Gasteiger partial charge in [-0.05, 0) is 35.4 Å². The van der Waals surface area contributed by atoms with Gasteiger partial charge in [0, 0.05) is 11.6 Å². The van der Waals surface area contributed by atoms with Gasteiger partial charge in [0.25, 0.3) is 0 Å². The zero-order valence-corrected chi connectivity index (χ0v) is 15.4. The van der Waals surface area contributed by atoms with Gasteiger partial charge in [0.1, 0.15) is 11.1 Å². The highest BCUT2D eigenvalue weighted by molar-refractivity contribution is 7.89. The first kappa shape index (κ1) is 17.1. The van der Waals surface area contributed by atoms with Crippen LogP contribution in [0.15, 0.2) is 83.8 Å². The molecule has 0 spiro atoms. The predicted molar refractivity (Wildman–Crippen MR) is 103 cm³/mol. The van der Waals surface area contributed by atoms with Crippen LogP contribution in [-0.2, 0) is 16.6 Å². The van der Waals surface area contributed by atoms with Gasteiger partial charge < -0.3 is 5.32 Å². The second kappa shape index (κ2) is 6.76. The van der Waals surface area contributed by atoms with E-state index in [1.54, 1.807) is 30.3 Å². The average molecular weight is 385 g/mol. The molecular weight excluding hydrogens is 368 g/mol. The van der Waals surface area contributed by atoms with Crippen molar-refractivity contribution in [1.82, 2.24) is 4.31 Å². The highest BCUT2D eigenvalue weighted by atomic mass is 35.5. The summed E-state index contributed by atoms with van der Waals surface area (Å²) in [6.07, 6.45) is -0.507. The largest absolute Gasteiger partial charge is 0.364 e. The van der Waals surface area contributed by atoms with Crippen LogP contribution in [0, 0.1) is 0 Å². The van der Waals surface area contributed by atoms with Gasteiger partial charge in [0.15, 0.2) is 0 Å². The lowest BCUT2D eigenvalue weighted by Crippen LogP contribution is -2.42. The molecule has 0 saturated carbocycles. The third-order valence-corrected chi connectivity index (χ3v) is 6.54. The van der Waals surface area contributed by atoms with Crippen molar-refractivity contribution in [2.75, 3.05) is 5.32 Å². The van der Waals surface area contributed by atoms with Crippen molar-refractivity contribution in [1.29, 1.82) is 0 Å². The Hall–Kier alpha value is -2.34. The van der Waals surface area contributed by atoms with Crippen molar-refractivity contribution in [2.45, 2.75) is 17.6 Å². The lowest BCUT2D eigenvalue weighted by molar-refractivity contribution is 0.336. The summed E-state index contributed by atoms with van der Waals surface area (Å²) in [5, 5.41) is 3.98. The van der Waals surface area contributed by atoms with E-state index in [0.717, 1.165) is 11.1 Å². The van der Waals surface area contributed by atoms with Crippen molar-refractivity contribution >= 4 is 27.3 Å². The summed E-state index contributed by atoms with van der Waals surface area (Å²) in [6.45, 7) is 0.276. The van der Waals surface area contributed by atoms with Crippen LogP contribution in [-0.4, -0.2) is 12.7 Å². The smallest absolute Gasteiger partial charge is 0.247 e. The maximum absolute atomic E-state index is 13.3. The number of para-hydroxylation sites is 1. The summed E-state index contributed by atoms with van der Waals surface area (Å²) in [5.41, 5.74) is 2.37. The molecule has 1 unspecified atom stereocenters. The van der Waals surface area contributed by atoms with Gasteiger partial charge in [0.05, 0.1) is 5.69 Å². The highest BCUT2D eigenvalue weighted by Gasteiger charge is 2.38. The number of hydrogen-bond acceptors (Lipinski definition) is 3. The Kier molecular flexibility index (Phi) is 4.44. The molecule has 0 aliphatic carbocycles. The highest BCUT2D eigenvalue weighted by Crippen LogP contribution is 2.39. The molecule has 1 heterocycles. The van der Waals surface area contributed by atoms with Crippen molar-refractivity contribution < 1.29 is 8.42 Å². The van der Waals surface area contributed by atoms with E-state index in [1.807, 2.05) is 48.5 Å². The van der Waals surface area contributed by atoms with Crippen LogP contribution in [0.2, 0.25) is 5.02 Å². The van der Waals surface area contributed by atoms with Gasteiger partial charge in [-0.25, -0.2) is 8.42 Å². The summed E-state index contributed by atoms with van der Waals surface area (Å²) in [6, 6.07) is 23.8. The molecule has 0 aromatic heterocycles. The maximum Gasteiger partial charge on any atom is 0.247 e. The first-order chi connectivity index (χ1) is 12.6. The minimum atomic E-state index is -3.65.